The van der Waals surface area contributed by atoms with Crippen molar-refractivity contribution >= 4 is 11.9 Å². The maximum Gasteiger partial charge on any atom is 0.326 e. The van der Waals surface area contributed by atoms with Crippen LogP contribution in [0.25, 0.3) is 0 Å². The predicted octanol–water partition coefficient (Wildman–Crippen LogP) is 0.852. The minimum Gasteiger partial charge on any atom is -0.480 e. The molecule has 1 aromatic rings. The second kappa shape index (κ2) is 9.90. The van der Waals surface area contributed by atoms with Crippen LogP contribution in [-0.2, 0) is 25.5 Å². The van der Waals surface area contributed by atoms with Gasteiger partial charge in [-0.15, -0.1) is 0 Å². The molecule has 1 aromatic carbocycles. The van der Waals surface area contributed by atoms with E-state index in [9.17, 15) is 9.59 Å². The number of benzene rings is 1. The highest BCUT2D eigenvalue weighted by Crippen LogP contribution is 2.03. The first-order valence-corrected chi connectivity index (χ1v) is 6.85. The SMILES string of the molecule is CCOCCOCC(=O)NC(Cc1ccccc1)C(=O)O. The number of hydrogen-bond acceptors (Lipinski definition) is 4. The van der Waals surface area contributed by atoms with Crippen LogP contribution >= 0.6 is 0 Å². The number of ether oxygens (including phenoxy) is 2. The highest BCUT2D eigenvalue weighted by atomic mass is 16.5. The van der Waals surface area contributed by atoms with Gasteiger partial charge < -0.3 is 19.9 Å². The number of hydrogen-bond donors (Lipinski definition) is 2. The predicted molar refractivity (Wildman–Crippen MR) is 77.0 cm³/mol. The zero-order valence-electron chi connectivity index (χ0n) is 12.1. The highest BCUT2D eigenvalue weighted by Gasteiger charge is 2.20. The number of aliphatic carboxylic acids is 1. The molecule has 21 heavy (non-hydrogen) atoms. The van der Waals surface area contributed by atoms with Crippen LogP contribution in [0, 0.1) is 0 Å². The van der Waals surface area contributed by atoms with Crippen LogP contribution in [0.3, 0.4) is 0 Å². The topological polar surface area (TPSA) is 84.9 Å². The zero-order valence-corrected chi connectivity index (χ0v) is 12.1. The van der Waals surface area contributed by atoms with E-state index >= 15 is 0 Å². The summed E-state index contributed by atoms with van der Waals surface area (Å²) in [4.78, 5) is 22.8. The fourth-order valence-electron chi connectivity index (χ4n) is 1.71. The molecule has 6 nitrogen and oxygen atoms in total. The third-order valence-electron chi connectivity index (χ3n) is 2.73. The van der Waals surface area contributed by atoms with Crippen LogP contribution < -0.4 is 5.32 Å². The monoisotopic (exact) mass is 295 g/mol. The van der Waals surface area contributed by atoms with Crippen molar-refractivity contribution in [3.8, 4) is 0 Å². The summed E-state index contributed by atoms with van der Waals surface area (Å²) in [5.41, 5.74) is 0.850. The van der Waals surface area contributed by atoms with Crippen molar-refractivity contribution < 1.29 is 24.2 Å². The number of carboxylic acid groups (broad SMARTS) is 1. The van der Waals surface area contributed by atoms with Gasteiger partial charge in [-0.25, -0.2) is 4.79 Å². The van der Waals surface area contributed by atoms with E-state index in [4.69, 9.17) is 14.6 Å². The molecule has 0 radical (unpaired) electrons. The molecule has 116 valence electrons. The Bertz CT molecular complexity index is 435. The van der Waals surface area contributed by atoms with Gasteiger partial charge in [0.1, 0.15) is 12.6 Å². The van der Waals surface area contributed by atoms with Gasteiger partial charge in [-0.3, -0.25) is 4.79 Å². The van der Waals surface area contributed by atoms with E-state index in [-0.39, 0.29) is 13.0 Å². The summed E-state index contributed by atoms with van der Waals surface area (Å²) in [5, 5.41) is 11.6. The maximum atomic E-state index is 11.6. The van der Waals surface area contributed by atoms with E-state index < -0.39 is 17.9 Å². The molecule has 0 heterocycles. The Morgan fingerprint density at radius 2 is 1.86 bits per heavy atom. The molecule has 1 unspecified atom stereocenters. The maximum absolute atomic E-state index is 11.6. The largest absolute Gasteiger partial charge is 0.480 e. The Morgan fingerprint density at radius 3 is 2.48 bits per heavy atom. The molecule has 0 bridgehead atoms. The molecule has 0 saturated heterocycles. The van der Waals surface area contributed by atoms with Gasteiger partial charge >= 0.3 is 5.97 Å². The summed E-state index contributed by atoms with van der Waals surface area (Å²) >= 11 is 0. The normalized spacial score (nSPS) is 11.9. The number of nitrogens with one attached hydrogen (secondary N) is 1. The first kappa shape index (κ1) is 17.1. The summed E-state index contributed by atoms with van der Waals surface area (Å²) in [5.74, 6) is -1.52. The van der Waals surface area contributed by atoms with Gasteiger partial charge in [0.05, 0.1) is 13.2 Å². The number of carboxylic acids is 1. The summed E-state index contributed by atoms with van der Waals surface area (Å²) in [6.45, 7) is 3.00. The molecular formula is C15H21NO5. The number of carbonyl (C=O) groups is 2. The molecule has 0 aromatic heterocycles. The molecule has 1 amide bonds. The molecule has 2 N–H and O–H groups in total. The Balaban J connectivity index is 2.36. The second-order valence-corrected chi connectivity index (χ2v) is 4.40. The molecule has 0 saturated carbocycles. The summed E-state index contributed by atoms with van der Waals surface area (Å²) in [6, 6.07) is 8.18. The second-order valence-electron chi connectivity index (χ2n) is 4.40. The van der Waals surface area contributed by atoms with Gasteiger partial charge in [0.25, 0.3) is 0 Å². The molecule has 0 aliphatic heterocycles. The van der Waals surface area contributed by atoms with E-state index in [2.05, 4.69) is 5.32 Å². The third-order valence-corrected chi connectivity index (χ3v) is 2.73. The molecule has 1 rings (SSSR count). The van der Waals surface area contributed by atoms with Gasteiger partial charge in [-0.1, -0.05) is 30.3 Å². The van der Waals surface area contributed by atoms with Crippen LogP contribution in [0.5, 0.6) is 0 Å². The Kier molecular flexibility index (Phi) is 8.08. The van der Waals surface area contributed by atoms with Crippen LogP contribution in [0.1, 0.15) is 12.5 Å². The lowest BCUT2D eigenvalue weighted by atomic mass is 10.1. The fourth-order valence-corrected chi connectivity index (χ4v) is 1.71. The minimum atomic E-state index is -1.07. The first-order chi connectivity index (χ1) is 10.1. The zero-order chi connectivity index (χ0) is 15.5. The van der Waals surface area contributed by atoms with Crippen molar-refractivity contribution in [2.75, 3.05) is 26.4 Å². The molecule has 1 atom stereocenters. The summed E-state index contributed by atoms with van der Waals surface area (Å²) in [6.07, 6.45) is 0.237. The summed E-state index contributed by atoms with van der Waals surface area (Å²) in [7, 11) is 0. The lowest BCUT2D eigenvalue weighted by molar-refractivity contribution is -0.142. The van der Waals surface area contributed by atoms with Crippen LogP contribution in [-0.4, -0.2) is 49.5 Å². The Hall–Kier alpha value is -1.92. The number of amides is 1. The van der Waals surface area contributed by atoms with Gasteiger partial charge in [0.15, 0.2) is 0 Å². The number of rotatable bonds is 10. The third kappa shape index (κ3) is 7.43. The molecule has 0 aliphatic carbocycles. The molecule has 6 heteroatoms. The van der Waals surface area contributed by atoms with Crippen molar-refractivity contribution in [1.29, 1.82) is 0 Å². The van der Waals surface area contributed by atoms with Crippen LogP contribution in [0.4, 0.5) is 0 Å². The average molecular weight is 295 g/mol. The van der Waals surface area contributed by atoms with Gasteiger partial charge in [-0.2, -0.15) is 0 Å². The number of carbonyl (C=O) groups excluding carboxylic acids is 1. The highest BCUT2D eigenvalue weighted by molar-refractivity contribution is 5.84. The molecule has 0 spiro atoms. The smallest absolute Gasteiger partial charge is 0.326 e. The van der Waals surface area contributed by atoms with E-state index in [1.807, 2.05) is 37.3 Å². The summed E-state index contributed by atoms with van der Waals surface area (Å²) < 4.78 is 10.2. The van der Waals surface area contributed by atoms with Crippen LogP contribution in [0.2, 0.25) is 0 Å². The van der Waals surface area contributed by atoms with E-state index in [1.165, 1.54) is 0 Å². The molecule has 0 fully saturated rings. The van der Waals surface area contributed by atoms with E-state index in [0.717, 1.165) is 5.56 Å². The van der Waals surface area contributed by atoms with E-state index in [0.29, 0.717) is 19.8 Å². The fraction of sp³-hybridized carbons (Fsp3) is 0.467. The Labute approximate surface area is 124 Å². The van der Waals surface area contributed by atoms with Gasteiger partial charge in [-0.05, 0) is 12.5 Å². The van der Waals surface area contributed by atoms with Crippen molar-refractivity contribution in [2.24, 2.45) is 0 Å². The molecule has 0 aliphatic rings. The van der Waals surface area contributed by atoms with Gasteiger partial charge in [0, 0.05) is 13.0 Å². The quantitative estimate of drug-likeness (QED) is 0.625. The van der Waals surface area contributed by atoms with Crippen molar-refractivity contribution in [2.45, 2.75) is 19.4 Å². The van der Waals surface area contributed by atoms with Crippen molar-refractivity contribution in [3.63, 3.8) is 0 Å². The lowest BCUT2D eigenvalue weighted by Gasteiger charge is -2.14. The van der Waals surface area contributed by atoms with Gasteiger partial charge in [0.2, 0.25) is 5.91 Å². The minimum absolute atomic E-state index is 0.175. The van der Waals surface area contributed by atoms with Crippen LogP contribution in [0.15, 0.2) is 30.3 Å². The Morgan fingerprint density at radius 1 is 1.19 bits per heavy atom. The lowest BCUT2D eigenvalue weighted by Crippen LogP contribution is -2.44. The van der Waals surface area contributed by atoms with Crippen molar-refractivity contribution in [1.82, 2.24) is 5.32 Å². The van der Waals surface area contributed by atoms with E-state index in [1.54, 1.807) is 0 Å². The van der Waals surface area contributed by atoms with Crippen molar-refractivity contribution in [3.05, 3.63) is 35.9 Å². The molecular weight excluding hydrogens is 274 g/mol. The standard InChI is InChI=1S/C15H21NO5/c1-2-20-8-9-21-11-14(17)16-13(15(18)19)10-12-6-4-3-5-7-12/h3-7,13H,2,8-11H2,1H3,(H,16,17)(H,18,19). The first-order valence-electron chi connectivity index (χ1n) is 6.85. The average Bonchev–Trinajstić information content (AvgIpc) is 2.47.